The van der Waals surface area contributed by atoms with Gasteiger partial charge in [0.25, 0.3) is 5.91 Å². The molecule has 2 fully saturated rings. The molecule has 5 atom stereocenters. The van der Waals surface area contributed by atoms with Crippen LogP contribution in [-0.4, -0.2) is 60.4 Å². The molecule has 3 rings (SSSR count). The Bertz CT molecular complexity index is 805. The molecule has 4 unspecified atom stereocenters. The number of fused-ring (bicyclic) bond motifs is 1. The molecule has 31 heavy (non-hydrogen) atoms. The highest BCUT2D eigenvalue weighted by Crippen LogP contribution is 2.39. The minimum Gasteiger partial charge on any atom is -0.347 e. The van der Waals surface area contributed by atoms with Gasteiger partial charge in [-0.25, -0.2) is 0 Å². The lowest BCUT2D eigenvalue weighted by Crippen LogP contribution is -2.60. The number of nitrogens with zero attached hydrogens (tertiary/aromatic N) is 1. The van der Waals surface area contributed by atoms with Crippen LogP contribution in [0.2, 0.25) is 0 Å². The van der Waals surface area contributed by atoms with Crippen LogP contribution >= 0.6 is 0 Å². The van der Waals surface area contributed by atoms with Gasteiger partial charge in [0.15, 0.2) is 0 Å². The van der Waals surface area contributed by atoms with E-state index in [1.807, 2.05) is 43.9 Å². The first-order valence-corrected chi connectivity index (χ1v) is 11.3. The van der Waals surface area contributed by atoms with E-state index in [2.05, 4.69) is 16.0 Å². The molecule has 3 amide bonds. The van der Waals surface area contributed by atoms with Gasteiger partial charge in [-0.05, 0) is 56.7 Å². The number of likely N-dealkylation sites (tertiary alicyclic amines) is 1. The van der Waals surface area contributed by atoms with Crippen molar-refractivity contribution in [3.05, 3.63) is 35.9 Å². The van der Waals surface area contributed by atoms with Crippen LogP contribution in [0.3, 0.4) is 0 Å². The normalized spacial score (nSPS) is 24.9. The van der Waals surface area contributed by atoms with Crippen molar-refractivity contribution in [2.24, 2.45) is 11.3 Å². The molecule has 2 aliphatic rings. The van der Waals surface area contributed by atoms with Crippen LogP contribution in [0, 0.1) is 11.3 Å². The maximum atomic E-state index is 13.7. The second-order valence-electron chi connectivity index (χ2n) is 9.91. The van der Waals surface area contributed by atoms with E-state index < -0.39 is 11.5 Å². The van der Waals surface area contributed by atoms with Crippen LogP contribution in [0.4, 0.5) is 0 Å². The summed E-state index contributed by atoms with van der Waals surface area (Å²) in [6.07, 6.45) is 2.80. The molecule has 170 valence electrons. The summed E-state index contributed by atoms with van der Waals surface area (Å²) in [6, 6.07) is 8.08. The molecule has 3 N–H and O–H groups in total. The Balaban J connectivity index is 1.76. The Morgan fingerprint density at radius 2 is 1.74 bits per heavy atom. The third-order valence-electron chi connectivity index (χ3n) is 6.71. The summed E-state index contributed by atoms with van der Waals surface area (Å²) in [6.45, 7) is 8.34. The SMILES string of the molecule is CN[C@@H](C)C(=O)NC(C(=O)N1CCC2CCC(NC(=O)c3ccccc3)C21)C(C)(C)C. The molecule has 7 nitrogen and oxygen atoms in total. The van der Waals surface area contributed by atoms with Crippen molar-refractivity contribution in [2.75, 3.05) is 13.6 Å². The van der Waals surface area contributed by atoms with Crippen LogP contribution < -0.4 is 16.0 Å². The fraction of sp³-hybridized carbons (Fsp3) is 0.625. The van der Waals surface area contributed by atoms with Crippen molar-refractivity contribution in [3.63, 3.8) is 0 Å². The second-order valence-corrected chi connectivity index (χ2v) is 9.91. The van der Waals surface area contributed by atoms with Gasteiger partial charge in [-0.15, -0.1) is 0 Å². The van der Waals surface area contributed by atoms with Gasteiger partial charge in [0.1, 0.15) is 6.04 Å². The van der Waals surface area contributed by atoms with Crippen molar-refractivity contribution >= 4 is 17.7 Å². The van der Waals surface area contributed by atoms with Gasteiger partial charge < -0.3 is 20.9 Å². The first-order valence-electron chi connectivity index (χ1n) is 11.3. The van der Waals surface area contributed by atoms with E-state index in [-0.39, 0.29) is 35.8 Å². The number of hydrogen-bond acceptors (Lipinski definition) is 4. The predicted octanol–water partition coefficient (Wildman–Crippen LogP) is 1.93. The van der Waals surface area contributed by atoms with Crippen LogP contribution in [0.5, 0.6) is 0 Å². The molecule has 1 aromatic carbocycles. The molecule has 1 aromatic rings. The van der Waals surface area contributed by atoms with E-state index >= 15 is 0 Å². The third-order valence-corrected chi connectivity index (χ3v) is 6.71. The van der Waals surface area contributed by atoms with Gasteiger partial charge in [0, 0.05) is 18.2 Å². The van der Waals surface area contributed by atoms with E-state index in [4.69, 9.17) is 0 Å². The highest BCUT2D eigenvalue weighted by molar-refractivity contribution is 5.94. The highest BCUT2D eigenvalue weighted by Gasteiger charge is 2.49. The Labute approximate surface area is 185 Å². The smallest absolute Gasteiger partial charge is 0.251 e. The fourth-order valence-electron chi connectivity index (χ4n) is 4.77. The number of nitrogens with one attached hydrogen (secondary N) is 3. The number of likely N-dealkylation sites (N-methyl/N-ethyl adjacent to an activating group) is 1. The quantitative estimate of drug-likeness (QED) is 0.646. The Kier molecular flexibility index (Phi) is 7.04. The van der Waals surface area contributed by atoms with Crippen molar-refractivity contribution in [1.29, 1.82) is 0 Å². The molecule has 0 bridgehead atoms. The molecule has 1 saturated heterocycles. The van der Waals surface area contributed by atoms with Crippen LogP contribution in [-0.2, 0) is 9.59 Å². The molecule has 1 saturated carbocycles. The summed E-state index contributed by atoms with van der Waals surface area (Å²) in [4.78, 5) is 40.8. The van der Waals surface area contributed by atoms with Crippen LogP contribution in [0.1, 0.15) is 57.3 Å². The van der Waals surface area contributed by atoms with E-state index in [1.54, 1.807) is 26.1 Å². The fourth-order valence-corrected chi connectivity index (χ4v) is 4.77. The van der Waals surface area contributed by atoms with Crippen LogP contribution in [0.25, 0.3) is 0 Å². The Morgan fingerprint density at radius 3 is 2.35 bits per heavy atom. The molecule has 7 heteroatoms. The highest BCUT2D eigenvalue weighted by atomic mass is 16.2. The average Bonchev–Trinajstić information content (AvgIpc) is 3.33. The van der Waals surface area contributed by atoms with Crippen molar-refractivity contribution in [2.45, 2.75) is 71.1 Å². The number of hydrogen-bond donors (Lipinski definition) is 3. The standard InChI is InChI=1S/C24H36N4O3/c1-15(25-5)21(29)27-20(24(2,3)4)23(31)28-14-13-16-11-12-18(19(16)28)26-22(30)17-9-7-6-8-10-17/h6-10,15-16,18-20,25H,11-14H2,1-5H3,(H,26,30)(H,27,29)/t15-,16?,18?,19?,20?/m0/s1. The van der Waals surface area contributed by atoms with Crippen molar-refractivity contribution < 1.29 is 14.4 Å². The molecular weight excluding hydrogens is 392 g/mol. The van der Waals surface area contributed by atoms with Gasteiger partial charge in [-0.1, -0.05) is 39.0 Å². The number of benzene rings is 1. The zero-order valence-electron chi connectivity index (χ0n) is 19.3. The first-order chi connectivity index (χ1) is 14.6. The molecule has 1 aliphatic heterocycles. The zero-order valence-corrected chi connectivity index (χ0v) is 19.3. The number of carbonyl (C=O) groups is 3. The number of rotatable bonds is 6. The summed E-state index contributed by atoms with van der Waals surface area (Å²) >= 11 is 0. The minimum atomic E-state index is -0.624. The van der Waals surface area contributed by atoms with E-state index in [0.29, 0.717) is 18.0 Å². The maximum Gasteiger partial charge on any atom is 0.251 e. The van der Waals surface area contributed by atoms with Crippen molar-refractivity contribution in [1.82, 2.24) is 20.9 Å². The molecule has 0 aromatic heterocycles. The number of amides is 3. The topological polar surface area (TPSA) is 90.5 Å². The van der Waals surface area contributed by atoms with E-state index in [9.17, 15) is 14.4 Å². The monoisotopic (exact) mass is 428 g/mol. The number of carbonyl (C=O) groups excluding carboxylic acids is 3. The van der Waals surface area contributed by atoms with Crippen LogP contribution in [0.15, 0.2) is 30.3 Å². The molecule has 0 radical (unpaired) electrons. The Morgan fingerprint density at radius 1 is 1.06 bits per heavy atom. The summed E-state index contributed by atoms with van der Waals surface area (Å²) < 4.78 is 0. The molecule has 0 spiro atoms. The molecular formula is C24H36N4O3. The predicted molar refractivity (Wildman–Crippen MR) is 120 cm³/mol. The minimum absolute atomic E-state index is 0.0244. The largest absolute Gasteiger partial charge is 0.347 e. The van der Waals surface area contributed by atoms with Gasteiger partial charge in [-0.2, -0.15) is 0 Å². The summed E-state index contributed by atoms with van der Waals surface area (Å²) in [5, 5.41) is 9.06. The second kappa shape index (κ2) is 9.39. The van der Waals surface area contributed by atoms with E-state index in [0.717, 1.165) is 19.3 Å². The van der Waals surface area contributed by atoms with Gasteiger partial charge in [-0.3, -0.25) is 14.4 Å². The van der Waals surface area contributed by atoms with Gasteiger partial charge >= 0.3 is 0 Å². The molecule has 1 aliphatic carbocycles. The molecule has 1 heterocycles. The van der Waals surface area contributed by atoms with Gasteiger partial charge in [0.2, 0.25) is 11.8 Å². The lowest BCUT2D eigenvalue weighted by molar-refractivity contribution is -0.141. The van der Waals surface area contributed by atoms with E-state index in [1.165, 1.54) is 0 Å². The maximum absolute atomic E-state index is 13.7. The first kappa shape index (κ1) is 23.3. The lowest BCUT2D eigenvalue weighted by Gasteiger charge is -2.37. The zero-order chi connectivity index (χ0) is 22.8. The summed E-state index contributed by atoms with van der Waals surface area (Å²) in [7, 11) is 1.72. The third kappa shape index (κ3) is 5.09. The van der Waals surface area contributed by atoms with Gasteiger partial charge in [0.05, 0.1) is 12.1 Å². The Hall–Kier alpha value is -2.41. The lowest BCUT2D eigenvalue weighted by atomic mass is 9.85. The van der Waals surface area contributed by atoms with Crippen molar-refractivity contribution in [3.8, 4) is 0 Å². The summed E-state index contributed by atoms with van der Waals surface area (Å²) in [5.74, 6) is 0.0380. The summed E-state index contributed by atoms with van der Waals surface area (Å²) in [5.41, 5.74) is 0.197. The average molecular weight is 429 g/mol.